The Bertz CT molecular complexity index is 1630. The molecule has 43 heavy (non-hydrogen) atoms. The number of carbonyl (C=O) groups is 1. The van der Waals surface area contributed by atoms with Gasteiger partial charge >= 0.3 is 0 Å². The van der Waals surface area contributed by atoms with Crippen LogP contribution in [0.25, 0.3) is 11.0 Å². The Morgan fingerprint density at radius 1 is 1.05 bits per heavy atom. The number of ether oxygens (including phenoxy) is 1. The van der Waals surface area contributed by atoms with E-state index in [1.54, 1.807) is 12.1 Å². The number of nitrogens with one attached hydrogen (secondary N) is 3. The Morgan fingerprint density at radius 3 is 2.53 bits per heavy atom. The van der Waals surface area contributed by atoms with Gasteiger partial charge in [-0.1, -0.05) is 6.07 Å². The van der Waals surface area contributed by atoms with Crippen molar-refractivity contribution in [2.75, 3.05) is 44.0 Å². The van der Waals surface area contributed by atoms with Crippen LogP contribution >= 0.6 is 0 Å². The van der Waals surface area contributed by atoms with Gasteiger partial charge < -0.3 is 20.3 Å². The molecule has 226 valence electrons. The summed E-state index contributed by atoms with van der Waals surface area (Å²) >= 11 is 0. The third-order valence-corrected chi connectivity index (χ3v) is 9.42. The fourth-order valence-electron chi connectivity index (χ4n) is 5.73. The van der Waals surface area contributed by atoms with E-state index >= 15 is 0 Å². The maximum absolute atomic E-state index is 13.7. The third-order valence-electron chi connectivity index (χ3n) is 8.13. The monoisotopic (exact) mass is 608 g/mol. The van der Waals surface area contributed by atoms with E-state index in [0.29, 0.717) is 35.7 Å². The number of carbonyl (C=O) groups excluding carboxylic acids is 1. The number of benzene rings is 2. The second-order valence-corrected chi connectivity index (χ2v) is 12.7. The molecule has 2 fully saturated rings. The van der Waals surface area contributed by atoms with Gasteiger partial charge in [0.25, 0.3) is 5.91 Å². The van der Waals surface area contributed by atoms with E-state index in [9.17, 15) is 17.8 Å². The molecular weight excluding hydrogens is 574 g/mol. The quantitative estimate of drug-likeness (QED) is 0.252. The molecule has 12 heteroatoms. The van der Waals surface area contributed by atoms with Crippen LogP contribution in [0, 0.1) is 11.6 Å². The van der Waals surface area contributed by atoms with Gasteiger partial charge in [0.05, 0.1) is 27.6 Å². The van der Waals surface area contributed by atoms with Crippen LogP contribution in [0.5, 0.6) is 0 Å². The van der Waals surface area contributed by atoms with E-state index in [2.05, 4.69) is 43.8 Å². The minimum atomic E-state index is -1.69. The van der Waals surface area contributed by atoms with E-state index in [4.69, 9.17) is 4.74 Å². The summed E-state index contributed by atoms with van der Waals surface area (Å²) in [6.45, 7) is 3.44. The van der Waals surface area contributed by atoms with E-state index in [-0.39, 0.29) is 34.1 Å². The average Bonchev–Trinajstić information content (AvgIpc) is 3.39. The van der Waals surface area contributed by atoms with Gasteiger partial charge in [0.15, 0.2) is 5.82 Å². The Kier molecular flexibility index (Phi) is 8.78. The molecule has 6 rings (SSSR count). The predicted molar refractivity (Wildman–Crippen MR) is 162 cm³/mol. The minimum Gasteiger partial charge on any atom is -0.381 e. The van der Waals surface area contributed by atoms with Gasteiger partial charge in [0.2, 0.25) is 0 Å². The third kappa shape index (κ3) is 6.92. The number of H-pyrrole nitrogens is 1. The number of halogens is 2. The number of aromatic amines is 1. The summed E-state index contributed by atoms with van der Waals surface area (Å²) in [6.07, 6.45) is 3.86. The fourth-order valence-corrected chi connectivity index (χ4v) is 6.76. The average molecular weight is 609 g/mol. The number of anilines is 2. The maximum Gasteiger partial charge on any atom is 0.259 e. The van der Waals surface area contributed by atoms with Crippen LogP contribution in [-0.2, 0) is 21.3 Å². The van der Waals surface area contributed by atoms with Crippen LogP contribution in [0.1, 0.15) is 53.1 Å². The topological polar surface area (TPSA) is 112 Å². The summed E-state index contributed by atoms with van der Waals surface area (Å²) < 4.78 is 45.8. The van der Waals surface area contributed by atoms with Crippen molar-refractivity contribution in [1.29, 1.82) is 0 Å². The van der Waals surface area contributed by atoms with Crippen LogP contribution in [0.2, 0.25) is 0 Å². The number of aromatic nitrogens is 3. The Labute approximate surface area is 250 Å². The highest BCUT2D eigenvalue weighted by atomic mass is 32.2. The molecule has 4 heterocycles. The number of piperidine rings is 1. The molecule has 4 aromatic rings. The SMILES string of the molecule is CN1CCC(c2ccc(C(=O)Nc3n[nH]c4ccc(S(=O)Cc5cc(F)cc(F)c5)nc34)c(NC3CCOCC3)c2)CC1. The largest absolute Gasteiger partial charge is 0.381 e. The second kappa shape index (κ2) is 12.9. The molecule has 1 atom stereocenters. The predicted octanol–water partition coefficient (Wildman–Crippen LogP) is 5.20. The first-order valence-electron chi connectivity index (χ1n) is 14.5. The molecule has 9 nitrogen and oxygen atoms in total. The van der Waals surface area contributed by atoms with Crippen molar-refractivity contribution in [2.45, 2.75) is 48.4 Å². The van der Waals surface area contributed by atoms with Crippen molar-refractivity contribution in [3.05, 3.63) is 76.9 Å². The Hall–Kier alpha value is -3.74. The van der Waals surface area contributed by atoms with E-state index in [1.807, 2.05) is 12.1 Å². The van der Waals surface area contributed by atoms with E-state index < -0.39 is 22.4 Å². The zero-order valence-electron chi connectivity index (χ0n) is 23.9. The van der Waals surface area contributed by atoms with Gasteiger partial charge in [0.1, 0.15) is 22.2 Å². The number of pyridine rings is 1. The zero-order chi connectivity index (χ0) is 29.9. The summed E-state index contributed by atoms with van der Waals surface area (Å²) in [5.41, 5.74) is 3.63. The molecule has 2 aromatic carbocycles. The maximum atomic E-state index is 13.7. The lowest BCUT2D eigenvalue weighted by atomic mass is 9.88. The van der Waals surface area contributed by atoms with Crippen molar-refractivity contribution in [1.82, 2.24) is 20.1 Å². The Balaban J connectivity index is 1.24. The van der Waals surface area contributed by atoms with Crippen LogP contribution in [0.3, 0.4) is 0 Å². The molecular formula is C31H34F2N6O3S. The van der Waals surface area contributed by atoms with Crippen molar-refractivity contribution in [3.8, 4) is 0 Å². The lowest BCUT2D eigenvalue weighted by Crippen LogP contribution is -2.30. The lowest BCUT2D eigenvalue weighted by molar-refractivity contribution is 0.0904. The second-order valence-electron chi connectivity index (χ2n) is 11.3. The van der Waals surface area contributed by atoms with Crippen molar-refractivity contribution in [2.24, 2.45) is 0 Å². The molecule has 1 amide bonds. The minimum absolute atomic E-state index is 0.113. The number of hydrogen-bond acceptors (Lipinski definition) is 7. The first kappa shape index (κ1) is 29.3. The highest BCUT2D eigenvalue weighted by molar-refractivity contribution is 7.84. The van der Waals surface area contributed by atoms with Crippen LogP contribution in [0.4, 0.5) is 20.3 Å². The lowest BCUT2D eigenvalue weighted by Gasteiger charge is -2.30. The van der Waals surface area contributed by atoms with Gasteiger partial charge in [-0.3, -0.25) is 14.1 Å². The molecule has 0 aliphatic carbocycles. The number of nitrogens with zero attached hydrogens (tertiary/aromatic N) is 3. The van der Waals surface area contributed by atoms with Gasteiger partial charge in [-0.2, -0.15) is 5.10 Å². The summed E-state index contributed by atoms with van der Waals surface area (Å²) in [6, 6.07) is 12.5. The molecule has 0 spiro atoms. The normalized spacial score (nSPS) is 17.7. The fraction of sp³-hybridized carbons (Fsp3) is 0.387. The van der Waals surface area contributed by atoms with Crippen molar-refractivity contribution < 1.29 is 22.5 Å². The molecule has 0 radical (unpaired) electrons. The molecule has 2 aromatic heterocycles. The van der Waals surface area contributed by atoms with E-state index in [1.165, 1.54) is 5.56 Å². The first-order chi connectivity index (χ1) is 20.8. The van der Waals surface area contributed by atoms with Crippen LogP contribution < -0.4 is 10.6 Å². The highest BCUT2D eigenvalue weighted by Gasteiger charge is 2.24. The number of fused-ring (bicyclic) bond motifs is 1. The van der Waals surface area contributed by atoms with Crippen LogP contribution in [-0.4, -0.2) is 69.6 Å². The van der Waals surface area contributed by atoms with Crippen molar-refractivity contribution >= 4 is 39.2 Å². The molecule has 2 saturated heterocycles. The highest BCUT2D eigenvalue weighted by Crippen LogP contribution is 2.32. The van der Waals surface area contributed by atoms with Gasteiger partial charge in [-0.25, -0.2) is 13.8 Å². The molecule has 2 aliphatic heterocycles. The summed E-state index contributed by atoms with van der Waals surface area (Å²) in [5, 5.41) is 13.8. The zero-order valence-corrected chi connectivity index (χ0v) is 24.7. The summed E-state index contributed by atoms with van der Waals surface area (Å²) in [4.78, 5) is 20.5. The summed E-state index contributed by atoms with van der Waals surface area (Å²) in [7, 11) is 0.455. The molecule has 3 N–H and O–H groups in total. The van der Waals surface area contributed by atoms with Crippen LogP contribution in [0.15, 0.2) is 53.6 Å². The number of likely N-dealkylation sites (tertiary alicyclic amines) is 1. The molecule has 1 unspecified atom stereocenters. The van der Waals surface area contributed by atoms with Gasteiger partial charge in [0, 0.05) is 31.0 Å². The molecule has 0 bridgehead atoms. The van der Waals surface area contributed by atoms with E-state index in [0.717, 1.165) is 62.7 Å². The smallest absolute Gasteiger partial charge is 0.259 e. The molecule has 2 aliphatic rings. The van der Waals surface area contributed by atoms with Crippen molar-refractivity contribution in [3.63, 3.8) is 0 Å². The van der Waals surface area contributed by atoms with Gasteiger partial charge in [-0.15, -0.1) is 0 Å². The number of amides is 1. The first-order valence-corrected chi connectivity index (χ1v) is 15.8. The summed E-state index contributed by atoms with van der Waals surface area (Å²) in [5.74, 6) is -1.29. The number of rotatable bonds is 8. The molecule has 0 saturated carbocycles. The Morgan fingerprint density at radius 2 is 1.79 bits per heavy atom. The number of hydrogen-bond donors (Lipinski definition) is 3. The standard InChI is InChI=1S/C31H34F2N6O3S/c1-39-10-6-20(7-11-39)21-2-3-25(27(16-21)34-24-8-12-42-13-9-24)31(40)36-30-29-26(37-38-30)4-5-28(35-29)43(41)18-19-14-22(32)17-23(33)15-19/h2-5,14-17,20,24,34H,6-13,18H2,1H3,(H2,36,37,38,40). The van der Waals surface area contributed by atoms with Gasteiger partial charge in [-0.05, 0) is 99.3 Å².